The number of hydrogen-bond acceptors (Lipinski definition) is 5. The van der Waals surface area contributed by atoms with Gasteiger partial charge in [0.1, 0.15) is 0 Å². The summed E-state index contributed by atoms with van der Waals surface area (Å²) in [5.41, 5.74) is 7.91. The minimum Gasteiger partial charge on any atom is -0.398 e. The molecule has 2 heterocycles. The second-order valence-electron chi connectivity index (χ2n) is 7.65. The van der Waals surface area contributed by atoms with Gasteiger partial charge in [-0.15, -0.1) is 0 Å². The first kappa shape index (κ1) is 22.1. The molecule has 0 aliphatic carbocycles. The molecule has 1 fully saturated rings. The number of carbonyl (C=O) groups is 1. The molecule has 3 rings (SSSR count). The molecule has 0 saturated carbocycles. The smallest absolute Gasteiger partial charge is 0.255 e. The Kier molecular flexibility index (Phi) is 8.23. The molecule has 162 valence electrons. The summed E-state index contributed by atoms with van der Waals surface area (Å²) in [6, 6.07) is 10.9. The number of para-hydroxylation sites is 1. The molecule has 1 amide bonds. The third kappa shape index (κ3) is 6.71. The summed E-state index contributed by atoms with van der Waals surface area (Å²) in [6.07, 6.45) is 10.5. The molecule has 1 aliphatic rings. The van der Waals surface area contributed by atoms with Crippen molar-refractivity contribution in [2.24, 2.45) is 10.9 Å². The summed E-state index contributed by atoms with van der Waals surface area (Å²) < 4.78 is 0. The van der Waals surface area contributed by atoms with Crippen molar-refractivity contribution in [2.75, 3.05) is 30.7 Å². The SMILES string of the molecule is N#CNC(=NCCCCC1CCN(C(=O)c2ccccc2N)CC1)Nc1ccncc1. The summed E-state index contributed by atoms with van der Waals surface area (Å²) in [5, 5.41) is 14.6. The second-order valence-corrected chi connectivity index (χ2v) is 7.65. The summed E-state index contributed by atoms with van der Waals surface area (Å²) in [7, 11) is 0. The molecule has 1 aromatic carbocycles. The van der Waals surface area contributed by atoms with Crippen molar-refractivity contribution in [3.05, 3.63) is 54.4 Å². The van der Waals surface area contributed by atoms with Crippen LogP contribution in [0.25, 0.3) is 0 Å². The van der Waals surface area contributed by atoms with E-state index < -0.39 is 0 Å². The van der Waals surface area contributed by atoms with Gasteiger partial charge in [-0.05, 0) is 49.4 Å². The molecule has 1 saturated heterocycles. The van der Waals surface area contributed by atoms with Gasteiger partial charge < -0.3 is 16.0 Å². The Labute approximate surface area is 183 Å². The maximum absolute atomic E-state index is 12.7. The minimum absolute atomic E-state index is 0.0325. The van der Waals surface area contributed by atoms with Gasteiger partial charge in [0.05, 0.1) is 5.56 Å². The van der Waals surface area contributed by atoms with Crippen molar-refractivity contribution in [1.82, 2.24) is 15.2 Å². The van der Waals surface area contributed by atoms with Crippen molar-refractivity contribution >= 4 is 23.2 Å². The molecule has 0 spiro atoms. The van der Waals surface area contributed by atoms with Crippen LogP contribution in [0.2, 0.25) is 0 Å². The highest BCUT2D eigenvalue weighted by atomic mass is 16.2. The zero-order chi connectivity index (χ0) is 21.9. The first-order valence-corrected chi connectivity index (χ1v) is 10.7. The molecule has 0 radical (unpaired) electrons. The van der Waals surface area contributed by atoms with E-state index in [1.807, 2.05) is 35.4 Å². The summed E-state index contributed by atoms with van der Waals surface area (Å²) >= 11 is 0. The van der Waals surface area contributed by atoms with Gasteiger partial charge in [0.2, 0.25) is 5.96 Å². The molecular formula is C23H29N7O. The highest BCUT2D eigenvalue weighted by Gasteiger charge is 2.24. The Morgan fingerprint density at radius 2 is 1.94 bits per heavy atom. The number of anilines is 2. The predicted molar refractivity (Wildman–Crippen MR) is 122 cm³/mol. The predicted octanol–water partition coefficient (Wildman–Crippen LogP) is 3.23. The summed E-state index contributed by atoms with van der Waals surface area (Å²) in [4.78, 5) is 23.0. The van der Waals surface area contributed by atoms with Crippen molar-refractivity contribution in [2.45, 2.75) is 32.1 Å². The molecule has 2 aromatic rings. The Morgan fingerprint density at radius 3 is 2.65 bits per heavy atom. The maximum atomic E-state index is 12.7. The van der Waals surface area contributed by atoms with Crippen LogP contribution in [0.4, 0.5) is 11.4 Å². The minimum atomic E-state index is 0.0325. The third-order valence-corrected chi connectivity index (χ3v) is 5.50. The van der Waals surface area contributed by atoms with Gasteiger partial charge in [0.15, 0.2) is 6.19 Å². The Hall–Kier alpha value is -3.60. The average Bonchev–Trinajstić information content (AvgIpc) is 2.80. The second kappa shape index (κ2) is 11.6. The Morgan fingerprint density at radius 1 is 1.19 bits per heavy atom. The molecule has 4 N–H and O–H groups in total. The summed E-state index contributed by atoms with van der Waals surface area (Å²) in [5.74, 6) is 1.11. The number of nitriles is 1. The van der Waals surface area contributed by atoms with E-state index in [0.717, 1.165) is 50.9 Å². The topological polar surface area (TPSA) is 119 Å². The van der Waals surface area contributed by atoms with Crippen LogP contribution < -0.4 is 16.4 Å². The van der Waals surface area contributed by atoms with Crippen LogP contribution in [0.3, 0.4) is 0 Å². The van der Waals surface area contributed by atoms with Gasteiger partial charge >= 0.3 is 0 Å². The number of guanidine groups is 1. The molecule has 31 heavy (non-hydrogen) atoms. The Bertz CT molecular complexity index is 915. The van der Waals surface area contributed by atoms with Gasteiger partial charge in [-0.2, -0.15) is 5.26 Å². The number of hydrogen-bond donors (Lipinski definition) is 3. The molecule has 1 aromatic heterocycles. The first-order valence-electron chi connectivity index (χ1n) is 10.7. The number of aromatic nitrogens is 1. The molecular weight excluding hydrogens is 390 g/mol. The van der Waals surface area contributed by atoms with Gasteiger partial charge in [-0.3, -0.25) is 20.1 Å². The first-order chi connectivity index (χ1) is 15.2. The van der Waals surface area contributed by atoms with Crippen LogP contribution in [-0.2, 0) is 0 Å². The van der Waals surface area contributed by atoms with E-state index in [2.05, 4.69) is 20.6 Å². The number of carbonyl (C=O) groups excluding carboxylic acids is 1. The zero-order valence-electron chi connectivity index (χ0n) is 17.6. The molecule has 1 aliphatic heterocycles. The number of nitrogens with zero attached hydrogens (tertiary/aromatic N) is 4. The van der Waals surface area contributed by atoms with Gasteiger partial charge in [-0.25, -0.2) is 0 Å². The van der Waals surface area contributed by atoms with Crippen molar-refractivity contribution in [3.8, 4) is 6.19 Å². The van der Waals surface area contributed by atoms with E-state index in [1.54, 1.807) is 24.5 Å². The van der Waals surface area contributed by atoms with Gasteiger partial charge in [0, 0.05) is 43.4 Å². The lowest BCUT2D eigenvalue weighted by atomic mass is 9.91. The number of unbranched alkanes of at least 4 members (excludes halogenated alkanes) is 1. The van der Waals surface area contributed by atoms with Gasteiger partial charge in [0.25, 0.3) is 5.91 Å². The molecule has 8 heteroatoms. The zero-order valence-corrected chi connectivity index (χ0v) is 17.6. The molecule has 8 nitrogen and oxygen atoms in total. The van der Waals surface area contributed by atoms with E-state index in [1.165, 1.54) is 0 Å². The molecule has 0 unspecified atom stereocenters. The fourth-order valence-corrected chi connectivity index (χ4v) is 3.76. The van der Waals surface area contributed by atoms with E-state index in [4.69, 9.17) is 11.0 Å². The quantitative estimate of drug-likeness (QED) is 0.158. The normalized spacial score (nSPS) is 14.7. The van der Waals surface area contributed by atoms with Crippen LogP contribution in [0, 0.1) is 17.4 Å². The van der Waals surface area contributed by atoms with Crippen LogP contribution in [0.1, 0.15) is 42.5 Å². The molecule has 0 atom stereocenters. The third-order valence-electron chi connectivity index (χ3n) is 5.50. The number of benzene rings is 1. The number of nitrogens with two attached hydrogens (primary N) is 1. The number of amides is 1. The van der Waals surface area contributed by atoms with Crippen LogP contribution in [0.5, 0.6) is 0 Å². The number of aliphatic imine (C=N–C) groups is 1. The average molecular weight is 420 g/mol. The van der Waals surface area contributed by atoms with Crippen LogP contribution in [-0.4, -0.2) is 41.4 Å². The van der Waals surface area contributed by atoms with E-state index in [9.17, 15) is 4.79 Å². The summed E-state index contributed by atoms with van der Waals surface area (Å²) in [6.45, 7) is 2.21. The lowest BCUT2D eigenvalue weighted by molar-refractivity contribution is 0.0687. The number of likely N-dealkylation sites (tertiary alicyclic amines) is 1. The number of piperidine rings is 1. The van der Waals surface area contributed by atoms with Crippen molar-refractivity contribution < 1.29 is 4.79 Å². The van der Waals surface area contributed by atoms with Crippen LogP contribution in [0.15, 0.2) is 53.8 Å². The lowest BCUT2D eigenvalue weighted by Crippen LogP contribution is -2.38. The maximum Gasteiger partial charge on any atom is 0.255 e. The van der Waals surface area contributed by atoms with E-state index in [-0.39, 0.29) is 5.91 Å². The largest absolute Gasteiger partial charge is 0.398 e. The molecule has 0 bridgehead atoms. The number of pyridine rings is 1. The highest BCUT2D eigenvalue weighted by Crippen LogP contribution is 2.24. The van der Waals surface area contributed by atoms with Crippen molar-refractivity contribution in [1.29, 1.82) is 5.26 Å². The van der Waals surface area contributed by atoms with E-state index >= 15 is 0 Å². The fourth-order valence-electron chi connectivity index (χ4n) is 3.76. The standard InChI is InChI=1S/C23H29N7O/c24-17-28-23(29-19-8-13-26-14-9-19)27-12-4-3-5-18-10-15-30(16-11-18)22(31)20-6-1-2-7-21(20)25/h1-2,6-9,13-14,18H,3-5,10-12,15-16,25H2,(H2,26,27,28,29). The van der Waals surface area contributed by atoms with Crippen molar-refractivity contribution in [3.63, 3.8) is 0 Å². The highest BCUT2D eigenvalue weighted by molar-refractivity contribution is 5.99. The monoisotopic (exact) mass is 419 g/mol. The number of nitrogens with one attached hydrogen (secondary N) is 2. The van der Waals surface area contributed by atoms with E-state index in [0.29, 0.717) is 29.7 Å². The van der Waals surface area contributed by atoms with Gasteiger partial charge in [-0.1, -0.05) is 25.0 Å². The number of nitrogen functional groups attached to an aromatic ring is 1. The van der Waals surface area contributed by atoms with Crippen LogP contribution >= 0.6 is 0 Å². The lowest BCUT2D eigenvalue weighted by Gasteiger charge is -2.32. The Balaban J connectivity index is 1.37. The number of rotatable bonds is 7. The fraction of sp³-hybridized carbons (Fsp3) is 0.391.